The molecule has 0 aromatic heterocycles. The topological polar surface area (TPSA) is 58.4 Å². The van der Waals surface area contributed by atoms with Gasteiger partial charge in [-0.3, -0.25) is 0 Å². The molecule has 1 saturated heterocycles. The van der Waals surface area contributed by atoms with Gasteiger partial charge in [0.25, 0.3) is 0 Å². The molecule has 0 aromatic carbocycles. The molecule has 1 atom stereocenters. The number of nitrogens with two attached hydrogens (primary N) is 1. The van der Waals surface area contributed by atoms with Crippen molar-refractivity contribution in [2.24, 2.45) is 5.73 Å². The highest BCUT2D eigenvalue weighted by atomic mass is 16.2. The normalized spacial score (nSPS) is 19.9. The maximum Gasteiger partial charge on any atom is 0.317 e. The van der Waals surface area contributed by atoms with Gasteiger partial charge in [-0.25, -0.2) is 4.79 Å². The summed E-state index contributed by atoms with van der Waals surface area (Å²) < 4.78 is 0. The van der Waals surface area contributed by atoms with E-state index in [0.717, 1.165) is 25.9 Å². The number of hydrogen-bond donors (Lipinski definition) is 2. The summed E-state index contributed by atoms with van der Waals surface area (Å²) in [4.78, 5) is 13.8. The third-order valence-electron chi connectivity index (χ3n) is 3.21. The van der Waals surface area contributed by atoms with Crippen LogP contribution in [0.3, 0.4) is 0 Å². The van der Waals surface area contributed by atoms with Crippen LogP contribution in [0.25, 0.3) is 0 Å². The van der Waals surface area contributed by atoms with E-state index < -0.39 is 0 Å². The van der Waals surface area contributed by atoms with Crippen LogP contribution < -0.4 is 11.1 Å². The predicted octanol–water partition coefficient (Wildman–Crippen LogP) is 1.31. The van der Waals surface area contributed by atoms with E-state index in [0.29, 0.717) is 0 Å². The first kappa shape index (κ1) is 12.3. The molecule has 1 heterocycles. The zero-order chi connectivity index (χ0) is 11.5. The highest BCUT2D eigenvalue weighted by Crippen LogP contribution is 2.11. The Balaban J connectivity index is 2.47. The molecule has 3 N–H and O–H groups in total. The van der Waals surface area contributed by atoms with Gasteiger partial charge in [0.2, 0.25) is 0 Å². The average molecular weight is 213 g/mol. The smallest absolute Gasteiger partial charge is 0.317 e. The molecule has 15 heavy (non-hydrogen) atoms. The second-order valence-corrected chi connectivity index (χ2v) is 4.99. The van der Waals surface area contributed by atoms with Crippen LogP contribution in [0.5, 0.6) is 0 Å². The Morgan fingerprint density at radius 2 is 1.87 bits per heavy atom. The van der Waals surface area contributed by atoms with E-state index in [9.17, 15) is 4.79 Å². The molecule has 4 nitrogen and oxygen atoms in total. The van der Waals surface area contributed by atoms with Crippen molar-refractivity contribution in [3.63, 3.8) is 0 Å². The fourth-order valence-electron chi connectivity index (χ4n) is 1.57. The quantitative estimate of drug-likeness (QED) is 0.726. The van der Waals surface area contributed by atoms with Crippen molar-refractivity contribution in [3.8, 4) is 0 Å². The maximum atomic E-state index is 11.9. The van der Waals surface area contributed by atoms with Gasteiger partial charge in [-0.1, -0.05) is 0 Å². The van der Waals surface area contributed by atoms with Gasteiger partial charge < -0.3 is 16.0 Å². The molecule has 0 saturated carbocycles. The molecule has 1 unspecified atom stereocenters. The van der Waals surface area contributed by atoms with E-state index in [4.69, 9.17) is 5.73 Å². The molecule has 0 aliphatic carbocycles. The number of piperidine rings is 1. The number of rotatable bonds is 2. The Morgan fingerprint density at radius 1 is 1.33 bits per heavy atom. The summed E-state index contributed by atoms with van der Waals surface area (Å²) in [5.74, 6) is 0. The summed E-state index contributed by atoms with van der Waals surface area (Å²) in [6, 6.07) is -0.0248. The lowest BCUT2D eigenvalue weighted by molar-refractivity contribution is 0.172. The molecule has 0 spiro atoms. The molecule has 0 aromatic rings. The summed E-state index contributed by atoms with van der Waals surface area (Å²) in [6.07, 6.45) is 3.47. The lowest BCUT2D eigenvalue weighted by atomic mass is 9.97. The van der Waals surface area contributed by atoms with Crippen LogP contribution in [0.2, 0.25) is 0 Å². The lowest BCUT2D eigenvalue weighted by Crippen LogP contribution is -2.58. The minimum Gasteiger partial charge on any atom is -0.332 e. The Bertz CT molecular complexity index is 220. The minimum absolute atomic E-state index is 0.0250. The molecule has 0 bridgehead atoms. The molecule has 1 aliphatic heterocycles. The van der Waals surface area contributed by atoms with Crippen LogP contribution >= 0.6 is 0 Å². The predicted molar refractivity (Wildman–Crippen MR) is 61.7 cm³/mol. The van der Waals surface area contributed by atoms with Crippen molar-refractivity contribution in [1.82, 2.24) is 10.2 Å². The van der Waals surface area contributed by atoms with Crippen LogP contribution in [-0.4, -0.2) is 35.6 Å². The number of nitrogens with one attached hydrogen (secondary N) is 1. The van der Waals surface area contributed by atoms with Crippen molar-refractivity contribution in [2.45, 2.75) is 51.6 Å². The number of urea groups is 1. The van der Waals surface area contributed by atoms with Gasteiger partial charge in [0, 0.05) is 19.1 Å². The number of amides is 2. The van der Waals surface area contributed by atoms with Crippen molar-refractivity contribution in [2.75, 3.05) is 13.1 Å². The zero-order valence-corrected chi connectivity index (χ0v) is 10.0. The van der Waals surface area contributed by atoms with E-state index in [2.05, 4.69) is 5.32 Å². The molecule has 2 amide bonds. The molecular weight excluding hydrogens is 190 g/mol. The van der Waals surface area contributed by atoms with Gasteiger partial charge in [-0.05, 0) is 40.0 Å². The summed E-state index contributed by atoms with van der Waals surface area (Å²) in [7, 11) is 0. The van der Waals surface area contributed by atoms with Gasteiger partial charge in [-0.15, -0.1) is 0 Å². The zero-order valence-electron chi connectivity index (χ0n) is 10.0. The Hall–Kier alpha value is -0.770. The fraction of sp³-hybridized carbons (Fsp3) is 0.909. The standard InChI is InChI=1S/C11H23N3O/c1-9(12)11(2,3)13-10(15)14-7-5-4-6-8-14/h9H,4-8,12H2,1-3H3,(H,13,15). The second-order valence-electron chi connectivity index (χ2n) is 4.99. The third kappa shape index (κ3) is 3.38. The van der Waals surface area contributed by atoms with Gasteiger partial charge >= 0.3 is 6.03 Å². The number of hydrogen-bond acceptors (Lipinski definition) is 2. The van der Waals surface area contributed by atoms with Gasteiger partial charge in [0.15, 0.2) is 0 Å². The molecule has 1 rings (SSSR count). The first-order valence-electron chi connectivity index (χ1n) is 5.76. The van der Waals surface area contributed by atoms with Crippen LogP contribution in [-0.2, 0) is 0 Å². The highest BCUT2D eigenvalue weighted by Gasteiger charge is 2.27. The van der Waals surface area contributed by atoms with Crippen molar-refractivity contribution >= 4 is 6.03 Å². The Morgan fingerprint density at radius 3 is 2.33 bits per heavy atom. The van der Waals surface area contributed by atoms with E-state index >= 15 is 0 Å². The van der Waals surface area contributed by atoms with Crippen molar-refractivity contribution < 1.29 is 4.79 Å². The summed E-state index contributed by atoms with van der Waals surface area (Å²) in [5.41, 5.74) is 5.48. The number of nitrogens with zero attached hydrogens (tertiary/aromatic N) is 1. The number of carbonyl (C=O) groups excluding carboxylic acids is 1. The first-order valence-corrected chi connectivity index (χ1v) is 5.76. The number of carbonyl (C=O) groups is 1. The van der Waals surface area contributed by atoms with Crippen LogP contribution in [0.4, 0.5) is 4.79 Å². The van der Waals surface area contributed by atoms with E-state index in [-0.39, 0.29) is 17.6 Å². The van der Waals surface area contributed by atoms with Crippen molar-refractivity contribution in [1.29, 1.82) is 0 Å². The van der Waals surface area contributed by atoms with Gasteiger partial charge in [0.05, 0.1) is 5.54 Å². The molecule has 0 radical (unpaired) electrons. The molecule has 88 valence electrons. The molecule has 1 aliphatic rings. The summed E-state index contributed by atoms with van der Waals surface area (Å²) in [6.45, 7) is 7.58. The molecule has 4 heteroatoms. The maximum absolute atomic E-state index is 11.9. The Kier molecular flexibility index (Phi) is 3.97. The molecular formula is C11H23N3O. The van der Waals surface area contributed by atoms with E-state index in [1.54, 1.807) is 0 Å². The SMILES string of the molecule is CC(N)C(C)(C)NC(=O)N1CCCCC1. The second kappa shape index (κ2) is 4.84. The third-order valence-corrected chi connectivity index (χ3v) is 3.21. The van der Waals surface area contributed by atoms with E-state index in [1.807, 2.05) is 25.7 Å². The lowest BCUT2D eigenvalue weighted by Gasteiger charge is -2.35. The van der Waals surface area contributed by atoms with Gasteiger partial charge in [-0.2, -0.15) is 0 Å². The highest BCUT2D eigenvalue weighted by molar-refractivity contribution is 5.75. The summed E-state index contributed by atoms with van der Waals surface area (Å²) in [5, 5.41) is 2.99. The minimum atomic E-state index is -0.339. The largest absolute Gasteiger partial charge is 0.332 e. The number of likely N-dealkylation sites (tertiary alicyclic amines) is 1. The average Bonchev–Trinajstić information content (AvgIpc) is 2.18. The van der Waals surface area contributed by atoms with Crippen LogP contribution in [0, 0.1) is 0 Å². The summed E-state index contributed by atoms with van der Waals surface area (Å²) >= 11 is 0. The van der Waals surface area contributed by atoms with E-state index in [1.165, 1.54) is 6.42 Å². The monoisotopic (exact) mass is 213 g/mol. The Labute approximate surface area is 92.2 Å². The van der Waals surface area contributed by atoms with Crippen LogP contribution in [0.15, 0.2) is 0 Å². The van der Waals surface area contributed by atoms with Crippen molar-refractivity contribution in [3.05, 3.63) is 0 Å². The first-order chi connectivity index (χ1) is 6.93. The van der Waals surface area contributed by atoms with Crippen LogP contribution in [0.1, 0.15) is 40.0 Å². The molecule has 1 fully saturated rings. The fourth-order valence-corrected chi connectivity index (χ4v) is 1.57. The van der Waals surface area contributed by atoms with Gasteiger partial charge in [0.1, 0.15) is 0 Å².